The molecule has 0 unspecified atom stereocenters. The molecule has 0 amide bonds. The molecule has 0 aliphatic carbocycles. The highest BCUT2D eigenvalue weighted by Gasteiger charge is 2.09. The van der Waals surface area contributed by atoms with E-state index in [1.54, 1.807) is 72.8 Å². The normalized spacial score (nSPS) is 10.5. The van der Waals surface area contributed by atoms with E-state index in [-0.39, 0.29) is 26.4 Å². The van der Waals surface area contributed by atoms with Gasteiger partial charge in [0.05, 0.1) is 24.3 Å². The number of carbonyl (C=O) groups is 2. The van der Waals surface area contributed by atoms with Crippen LogP contribution in [0.5, 0.6) is 0 Å². The number of esters is 2. The molecule has 0 bridgehead atoms. The number of rotatable bonds is 8. The van der Waals surface area contributed by atoms with E-state index in [1.165, 1.54) is 0 Å². The van der Waals surface area contributed by atoms with E-state index in [0.29, 0.717) is 11.1 Å². The molecule has 0 heterocycles. The lowest BCUT2D eigenvalue weighted by atomic mass is 10.1. The second-order valence-electron chi connectivity index (χ2n) is 6.68. The SMILES string of the molecule is O=C(OCc1ccc(COC(=O)c2ccc(CO)cc2)cc1)c1ccc(CO)cc1. The van der Waals surface area contributed by atoms with Gasteiger partial charge in [-0.15, -0.1) is 0 Å². The van der Waals surface area contributed by atoms with Crippen molar-refractivity contribution < 1.29 is 29.3 Å². The number of benzene rings is 3. The summed E-state index contributed by atoms with van der Waals surface area (Å²) < 4.78 is 10.6. The first kappa shape index (κ1) is 21.2. The van der Waals surface area contributed by atoms with E-state index in [2.05, 4.69) is 0 Å². The van der Waals surface area contributed by atoms with Crippen LogP contribution >= 0.6 is 0 Å². The molecule has 0 spiro atoms. The minimum Gasteiger partial charge on any atom is -0.457 e. The van der Waals surface area contributed by atoms with Crippen LogP contribution in [-0.2, 0) is 35.9 Å². The smallest absolute Gasteiger partial charge is 0.338 e. The standard InChI is InChI=1S/C24H22O6/c25-13-17-5-9-21(10-6-17)23(27)29-15-19-1-2-20(4-3-19)16-30-24(28)22-11-7-18(14-26)8-12-22/h1-12,25-26H,13-16H2. The monoisotopic (exact) mass is 406 g/mol. The summed E-state index contributed by atoms with van der Waals surface area (Å²) in [6.07, 6.45) is 0. The number of carbonyl (C=O) groups excluding carboxylic acids is 2. The van der Waals surface area contributed by atoms with Gasteiger partial charge in [-0.2, -0.15) is 0 Å². The zero-order chi connectivity index (χ0) is 21.3. The summed E-state index contributed by atoms with van der Waals surface area (Å²) >= 11 is 0. The first-order chi connectivity index (χ1) is 14.6. The van der Waals surface area contributed by atoms with Gasteiger partial charge < -0.3 is 19.7 Å². The number of aliphatic hydroxyl groups is 2. The molecule has 3 rings (SSSR count). The van der Waals surface area contributed by atoms with Gasteiger partial charge in [0.1, 0.15) is 13.2 Å². The predicted octanol–water partition coefficient (Wildman–Crippen LogP) is 3.39. The summed E-state index contributed by atoms with van der Waals surface area (Å²) in [4.78, 5) is 24.2. The summed E-state index contributed by atoms with van der Waals surface area (Å²) in [5.41, 5.74) is 3.91. The topological polar surface area (TPSA) is 93.1 Å². The molecule has 0 saturated heterocycles. The molecule has 3 aromatic rings. The molecule has 0 fully saturated rings. The molecule has 2 N–H and O–H groups in total. The predicted molar refractivity (Wildman–Crippen MR) is 109 cm³/mol. The summed E-state index contributed by atoms with van der Waals surface area (Å²) in [5.74, 6) is -0.880. The molecule has 0 aliphatic heterocycles. The Hall–Kier alpha value is -3.48. The molecule has 154 valence electrons. The van der Waals surface area contributed by atoms with E-state index in [4.69, 9.17) is 19.7 Å². The van der Waals surface area contributed by atoms with E-state index in [0.717, 1.165) is 22.3 Å². The summed E-state index contributed by atoms with van der Waals surface area (Å²) in [7, 11) is 0. The Labute approximate surface area is 174 Å². The third kappa shape index (κ3) is 5.76. The maximum absolute atomic E-state index is 12.1. The van der Waals surface area contributed by atoms with Crippen LogP contribution in [0.25, 0.3) is 0 Å². The molecular formula is C24H22O6. The van der Waals surface area contributed by atoms with E-state index >= 15 is 0 Å². The fourth-order valence-corrected chi connectivity index (χ4v) is 2.69. The van der Waals surface area contributed by atoms with Gasteiger partial charge in [0.25, 0.3) is 0 Å². The number of hydrogen-bond donors (Lipinski definition) is 2. The van der Waals surface area contributed by atoms with Crippen LogP contribution < -0.4 is 0 Å². The lowest BCUT2D eigenvalue weighted by molar-refractivity contribution is 0.0460. The quantitative estimate of drug-likeness (QED) is 0.557. The van der Waals surface area contributed by atoms with Crippen molar-refractivity contribution >= 4 is 11.9 Å². The number of aliphatic hydroxyl groups excluding tert-OH is 2. The Kier molecular flexibility index (Phi) is 7.32. The van der Waals surface area contributed by atoms with Crippen molar-refractivity contribution in [3.8, 4) is 0 Å². The molecule has 3 aromatic carbocycles. The second-order valence-corrected chi connectivity index (χ2v) is 6.68. The van der Waals surface area contributed by atoms with Gasteiger partial charge in [-0.3, -0.25) is 0 Å². The Morgan fingerprint density at radius 3 is 1.13 bits per heavy atom. The fourth-order valence-electron chi connectivity index (χ4n) is 2.69. The minimum absolute atomic E-state index is 0.0764. The first-order valence-corrected chi connectivity index (χ1v) is 9.40. The van der Waals surface area contributed by atoms with Crippen molar-refractivity contribution in [1.29, 1.82) is 0 Å². The van der Waals surface area contributed by atoms with Crippen LogP contribution in [-0.4, -0.2) is 22.2 Å². The highest BCUT2D eigenvalue weighted by molar-refractivity contribution is 5.89. The van der Waals surface area contributed by atoms with Crippen LogP contribution in [0.1, 0.15) is 43.0 Å². The van der Waals surface area contributed by atoms with Crippen LogP contribution in [0.4, 0.5) is 0 Å². The van der Waals surface area contributed by atoms with Crippen molar-refractivity contribution in [2.24, 2.45) is 0 Å². The molecule has 0 atom stereocenters. The van der Waals surface area contributed by atoms with E-state index < -0.39 is 11.9 Å². The van der Waals surface area contributed by atoms with Gasteiger partial charge in [0.2, 0.25) is 0 Å². The van der Waals surface area contributed by atoms with Crippen molar-refractivity contribution in [2.45, 2.75) is 26.4 Å². The first-order valence-electron chi connectivity index (χ1n) is 9.40. The molecule has 0 radical (unpaired) electrons. The summed E-state index contributed by atoms with van der Waals surface area (Å²) in [5, 5.41) is 18.1. The molecule has 30 heavy (non-hydrogen) atoms. The number of ether oxygens (including phenoxy) is 2. The van der Waals surface area contributed by atoms with Gasteiger partial charge in [-0.25, -0.2) is 9.59 Å². The van der Waals surface area contributed by atoms with Crippen molar-refractivity contribution in [2.75, 3.05) is 0 Å². The Balaban J connectivity index is 1.48. The van der Waals surface area contributed by atoms with Gasteiger partial charge in [0.15, 0.2) is 0 Å². The van der Waals surface area contributed by atoms with Gasteiger partial charge in [0, 0.05) is 0 Å². The van der Waals surface area contributed by atoms with E-state index in [9.17, 15) is 9.59 Å². The molecule has 0 aliphatic rings. The van der Waals surface area contributed by atoms with Crippen molar-refractivity contribution in [1.82, 2.24) is 0 Å². The molecule has 0 saturated carbocycles. The van der Waals surface area contributed by atoms with Gasteiger partial charge >= 0.3 is 11.9 Å². The van der Waals surface area contributed by atoms with Crippen LogP contribution in [0.3, 0.4) is 0 Å². The van der Waals surface area contributed by atoms with Gasteiger partial charge in [-0.05, 0) is 46.5 Å². The molecule has 0 aromatic heterocycles. The van der Waals surface area contributed by atoms with Crippen LogP contribution in [0.2, 0.25) is 0 Å². The maximum atomic E-state index is 12.1. The average molecular weight is 406 g/mol. The molecular weight excluding hydrogens is 384 g/mol. The van der Waals surface area contributed by atoms with Gasteiger partial charge in [-0.1, -0.05) is 48.5 Å². The van der Waals surface area contributed by atoms with Crippen molar-refractivity contribution in [3.05, 3.63) is 106 Å². The maximum Gasteiger partial charge on any atom is 0.338 e. The third-order valence-electron chi connectivity index (χ3n) is 4.51. The zero-order valence-electron chi connectivity index (χ0n) is 16.3. The average Bonchev–Trinajstić information content (AvgIpc) is 2.81. The lowest BCUT2D eigenvalue weighted by Gasteiger charge is -2.08. The highest BCUT2D eigenvalue weighted by atomic mass is 16.5. The summed E-state index contributed by atoms with van der Waals surface area (Å²) in [6.45, 7) is 0.0929. The zero-order valence-corrected chi connectivity index (χ0v) is 16.3. The Morgan fingerprint density at radius 2 is 0.833 bits per heavy atom. The van der Waals surface area contributed by atoms with Crippen molar-refractivity contribution in [3.63, 3.8) is 0 Å². The van der Waals surface area contributed by atoms with Crippen LogP contribution in [0, 0.1) is 0 Å². The lowest BCUT2D eigenvalue weighted by Crippen LogP contribution is -2.06. The second kappa shape index (κ2) is 10.3. The highest BCUT2D eigenvalue weighted by Crippen LogP contribution is 2.12. The fraction of sp³-hybridized carbons (Fsp3) is 0.167. The number of hydrogen-bond acceptors (Lipinski definition) is 6. The Bertz CT molecular complexity index is 893. The molecule has 6 nitrogen and oxygen atoms in total. The van der Waals surface area contributed by atoms with Crippen LogP contribution in [0.15, 0.2) is 72.8 Å². The minimum atomic E-state index is -0.440. The summed E-state index contributed by atoms with van der Waals surface area (Å²) in [6, 6.07) is 20.4. The Morgan fingerprint density at radius 1 is 0.533 bits per heavy atom. The largest absolute Gasteiger partial charge is 0.457 e. The third-order valence-corrected chi connectivity index (χ3v) is 4.51. The molecule has 6 heteroatoms. The van der Waals surface area contributed by atoms with E-state index in [1.807, 2.05) is 0 Å².